The standard InChI is InChI=1S/C18H24N2O6S.Na.H/c1-23-12-9-17(25-3)14(18(10-12)26-4)7-8-20-27(21,22)13-5-6-16(24-2)15(19)11-13;;/h5-6,9-11,20H,7-8,19H2,1-4H3;;/q;+1;-1. The molecule has 0 atom stereocenters. The van der Waals surface area contributed by atoms with Crippen LogP contribution in [0.25, 0.3) is 0 Å². The summed E-state index contributed by atoms with van der Waals surface area (Å²) < 4.78 is 48.5. The van der Waals surface area contributed by atoms with Crippen LogP contribution in [0.5, 0.6) is 23.0 Å². The summed E-state index contributed by atoms with van der Waals surface area (Å²) in [4.78, 5) is 0.0643. The normalized spacial score (nSPS) is 10.7. The molecule has 0 fully saturated rings. The Bertz CT molecular complexity index is 886. The van der Waals surface area contributed by atoms with E-state index in [2.05, 4.69) is 4.72 Å². The predicted molar refractivity (Wildman–Crippen MR) is 104 cm³/mol. The third-order valence-electron chi connectivity index (χ3n) is 4.00. The first-order valence-electron chi connectivity index (χ1n) is 8.08. The summed E-state index contributed by atoms with van der Waals surface area (Å²) in [6.07, 6.45) is 0.362. The van der Waals surface area contributed by atoms with Gasteiger partial charge in [0.05, 0.1) is 39.0 Å². The van der Waals surface area contributed by atoms with Gasteiger partial charge in [-0.1, -0.05) is 0 Å². The zero-order valence-corrected chi connectivity index (χ0v) is 19.6. The Balaban J connectivity index is 0.00000392. The molecule has 0 bridgehead atoms. The SMILES string of the molecule is COc1cc(OC)c(CCNS(=O)(=O)c2ccc(OC)c(N)c2)c(OC)c1.[H-].[Na+]. The molecule has 0 aliphatic carbocycles. The van der Waals surface area contributed by atoms with Crippen LogP contribution in [0, 0.1) is 0 Å². The van der Waals surface area contributed by atoms with Gasteiger partial charge in [0.25, 0.3) is 0 Å². The van der Waals surface area contributed by atoms with Crippen molar-refractivity contribution in [1.29, 1.82) is 0 Å². The Morgan fingerprint density at radius 3 is 1.96 bits per heavy atom. The Morgan fingerprint density at radius 2 is 1.50 bits per heavy atom. The van der Waals surface area contributed by atoms with Crippen LogP contribution < -0.4 is 59.0 Å². The zero-order chi connectivity index (χ0) is 20.0. The van der Waals surface area contributed by atoms with Crippen LogP contribution in [0.2, 0.25) is 0 Å². The Morgan fingerprint density at radius 1 is 0.929 bits per heavy atom. The van der Waals surface area contributed by atoms with Gasteiger partial charge in [0.15, 0.2) is 0 Å². The zero-order valence-electron chi connectivity index (χ0n) is 17.7. The number of hydrogen-bond donors (Lipinski definition) is 2. The molecule has 2 aromatic carbocycles. The summed E-state index contributed by atoms with van der Waals surface area (Å²) >= 11 is 0. The van der Waals surface area contributed by atoms with Gasteiger partial charge in [0, 0.05) is 24.2 Å². The summed E-state index contributed by atoms with van der Waals surface area (Å²) in [5, 5.41) is 0. The molecule has 10 heteroatoms. The van der Waals surface area contributed by atoms with Crippen LogP contribution in [0.4, 0.5) is 5.69 Å². The summed E-state index contributed by atoms with van der Waals surface area (Å²) in [5.41, 5.74) is 6.77. The summed E-state index contributed by atoms with van der Waals surface area (Å²) in [6.45, 7) is 0.146. The van der Waals surface area contributed by atoms with Crippen molar-refractivity contribution in [1.82, 2.24) is 4.72 Å². The largest absolute Gasteiger partial charge is 1.00 e. The van der Waals surface area contributed by atoms with Crippen molar-refractivity contribution >= 4 is 15.7 Å². The van der Waals surface area contributed by atoms with Gasteiger partial charge in [-0.3, -0.25) is 0 Å². The molecule has 0 saturated carbocycles. The van der Waals surface area contributed by atoms with Gasteiger partial charge in [-0.25, -0.2) is 13.1 Å². The third kappa shape index (κ3) is 5.68. The van der Waals surface area contributed by atoms with Crippen molar-refractivity contribution in [2.45, 2.75) is 11.3 Å². The summed E-state index contributed by atoms with van der Waals surface area (Å²) in [6, 6.07) is 7.74. The number of methoxy groups -OCH3 is 4. The van der Waals surface area contributed by atoms with Crippen molar-refractivity contribution in [2.24, 2.45) is 0 Å². The fraction of sp³-hybridized carbons (Fsp3) is 0.333. The van der Waals surface area contributed by atoms with Crippen LogP contribution in [-0.2, 0) is 16.4 Å². The smallest absolute Gasteiger partial charge is 1.00 e. The third-order valence-corrected chi connectivity index (χ3v) is 5.45. The van der Waals surface area contributed by atoms with Crippen molar-refractivity contribution in [3.63, 3.8) is 0 Å². The molecule has 3 N–H and O–H groups in total. The minimum Gasteiger partial charge on any atom is -1.00 e. The molecule has 0 aliphatic rings. The topological polar surface area (TPSA) is 109 Å². The maximum absolute atomic E-state index is 12.5. The quantitative estimate of drug-likeness (QED) is 0.393. The van der Waals surface area contributed by atoms with E-state index in [9.17, 15) is 8.42 Å². The van der Waals surface area contributed by atoms with Crippen molar-refractivity contribution < 1.29 is 58.3 Å². The van der Waals surface area contributed by atoms with Crippen LogP contribution in [0.1, 0.15) is 6.99 Å². The molecular weight excluding hydrogens is 395 g/mol. The molecule has 28 heavy (non-hydrogen) atoms. The van der Waals surface area contributed by atoms with E-state index < -0.39 is 10.0 Å². The average molecular weight is 420 g/mol. The maximum atomic E-state index is 12.5. The second-order valence-corrected chi connectivity index (χ2v) is 7.33. The number of nitrogens with one attached hydrogen (secondary N) is 1. The molecule has 0 aromatic heterocycles. The first-order valence-corrected chi connectivity index (χ1v) is 9.56. The summed E-state index contributed by atoms with van der Waals surface area (Å²) in [5.74, 6) is 2.11. The molecule has 0 saturated heterocycles. The van der Waals surface area contributed by atoms with Gasteiger partial charge in [-0.15, -0.1) is 0 Å². The van der Waals surface area contributed by atoms with Gasteiger partial charge in [-0.05, 0) is 24.6 Å². The number of sulfonamides is 1. The number of ether oxygens (including phenoxy) is 4. The average Bonchev–Trinajstić information content (AvgIpc) is 2.67. The fourth-order valence-corrected chi connectivity index (χ4v) is 3.66. The van der Waals surface area contributed by atoms with Crippen LogP contribution in [0.15, 0.2) is 35.2 Å². The molecule has 0 amide bonds. The first-order chi connectivity index (χ1) is 12.9. The maximum Gasteiger partial charge on any atom is 1.00 e. The molecule has 0 heterocycles. The van der Waals surface area contributed by atoms with Gasteiger partial charge in [0.2, 0.25) is 10.0 Å². The second kappa shape index (κ2) is 10.8. The van der Waals surface area contributed by atoms with Gasteiger partial charge in [0.1, 0.15) is 23.0 Å². The van der Waals surface area contributed by atoms with E-state index in [1.165, 1.54) is 39.5 Å². The van der Waals surface area contributed by atoms with E-state index in [0.29, 0.717) is 29.4 Å². The molecular formula is C18H25N2NaO6S. The fourth-order valence-electron chi connectivity index (χ4n) is 2.60. The Hall–Kier alpha value is -1.65. The molecule has 2 rings (SSSR count). The molecule has 2 aromatic rings. The van der Waals surface area contributed by atoms with Crippen LogP contribution in [-0.4, -0.2) is 43.4 Å². The molecule has 0 radical (unpaired) electrons. The van der Waals surface area contributed by atoms with E-state index in [1.54, 1.807) is 19.2 Å². The molecule has 0 spiro atoms. The summed E-state index contributed by atoms with van der Waals surface area (Å²) in [7, 11) is 2.35. The van der Waals surface area contributed by atoms with Crippen molar-refractivity contribution in [3.8, 4) is 23.0 Å². The number of rotatable bonds is 9. The van der Waals surface area contributed by atoms with Crippen LogP contribution >= 0.6 is 0 Å². The number of nitrogen functional groups attached to an aromatic ring is 1. The van der Waals surface area contributed by atoms with E-state index in [1.807, 2.05) is 0 Å². The molecule has 8 nitrogen and oxygen atoms in total. The molecule has 0 aliphatic heterocycles. The number of nitrogens with two attached hydrogens (primary N) is 1. The van der Waals surface area contributed by atoms with E-state index in [-0.39, 0.29) is 48.1 Å². The Kier molecular flexibility index (Phi) is 9.38. The first kappa shape index (κ1) is 24.4. The van der Waals surface area contributed by atoms with Gasteiger partial charge < -0.3 is 26.1 Å². The van der Waals surface area contributed by atoms with E-state index in [0.717, 1.165) is 5.56 Å². The van der Waals surface area contributed by atoms with Gasteiger partial charge >= 0.3 is 29.6 Å². The van der Waals surface area contributed by atoms with E-state index in [4.69, 9.17) is 24.7 Å². The number of benzene rings is 2. The van der Waals surface area contributed by atoms with Crippen molar-refractivity contribution in [3.05, 3.63) is 35.9 Å². The second-order valence-electron chi connectivity index (χ2n) is 5.56. The van der Waals surface area contributed by atoms with Gasteiger partial charge in [-0.2, -0.15) is 0 Å². The molecule has 0 unspecified atom stereocenters. The predicted octanol–water partition coefficient (Wildman–Crippen LogP) is -1.06. The number of anilines is 1. The van der Waals surface area contributed by atoms with E-state index >= 15 is 0 Å². The minimum absolute atomic E-state index is 0. The van der Waals surface area contributed by atoms with Crippen LogP contribution in [0.3, 0.4) is 0 Å². The molecule has 150 valence electrons. The minimum atomic E-state index is -3.72. The number of hydrogen-bond acceptors (Lipinski definition) is 7. The monoisotopic (exact) mass is 420 g/mol. The van der Waals surface area contributed by atoms with Crippen molar-refractivity contribution in [2.75, 3.05) is 40.7 Å². The Labute approximate surface area is 189 Å².